The van der Waals surface area contributed by atoms with Crippen molar-refractivity contribution in [1.29, 1.82) is 0 Å². The van der Waals surface area contributed by atoms with Gasteiger partial charge in [0.2, 0.25) is 0 Å². The number of rotatable bonds is 6. The molecule has 0 aliphatic heterocycles. The molecule has 2 rings (SSSR count). The van der Waals surface area contributed by atoms with Crippen molar-refractivity contribution in [2.75, 3.05) is 13.2 Å². The molecule has 0 aliphatic carbocycles. The predicted molar refractivity (Wildman–Crippen MR) is 72.6 cm³/mol. The number of hydrogen-bond acceptors (Lipinski definition) is 3. The van der Waals surface area contributed by atoms with Gasteiger partial charge in [0.05, 0.1) is 12.9 Å². The first-order valence-electron chi connectivity index (χ1n) is 5.79. The highest BCUT2D eigenvalue weighted by Gasteiger charge is 2.11. The molecule has 1 aromatic carbocycles. The van der Waals surface area contributed by atoms with Gasteiger partial charge >= 0.3 is 0 Å². The fourth-order valence-corrected chi connectivity index (χ4v) is 1.90. The largest absolute Gasteiger partial charge is 0.493 e. The molecule has 3 nitrogen and oxygen atoms in total. The molecular weight excluding hydrogens is 296 g/mol. The lowest BCUT2D eigenvalue weighted by Gasteiger charge is -2.14. The van der Waals surface area contributed by atoms with E-state index in [1.165, 1.54) is 0 Å². The summed E-state index contributed by atoms with van der Waals surface area (Å²) in [5.74, 6) is 1.71. The zero-order valence-electron chi connectivity index (χ0n) is 9.88. The van der Waals surface area contributed by atoms with Gasteiger partial charge in [-0.1, -0.05) is 15.9 Å². The number of benzene rings is 1. The van der Waals surface area contributed by atoms with E-state index in [0.717, 1.165) is 16.0 Å². The first kappa shape index (κ1) is 13.2. The van der Waals surface area contributed by atoms with E-state index in [9.17, 15) is 5.11 Å². The average molecular weight is 311 g/mol. The molecule has 96 valence electrons. The van der Waals surface area contributed by atoms with Crippen LogP contribution in [0.25, 0.3) is 0 Å². The van der Waals surface area contributed by atoms with Crippen LogP contribution in [-0.2, 0) is 6.42 Å². The Morgan fingerprint density at radius 2 is 2.00 bits per heavy atom. The fraction of sp³-hybridized carbons (Fsp3) is 0.286. The van der Waals surface area contributed by atoms with Gasteiger partial charge in [-0.05, 0) is 36.4 Å². The standard InChI is InChI=1S/C14H15BrO3/c15-12-3-5-13(6-4-12)18-10-11(9-16)8-14-2-1-7-17-14/h1-7,11,16H,8-10H2. The summed E-state index contributed by atoms with van der Waals surface area (Å²) in [5, 5.41) is 9.32. The van der Waals surface area contributed by atoms with Crippen LogP contribution >= 0.6 is 15.9 Å². The highest BCUT2D eigenvalue weighted by molar-refractivity contribution is 9.10. The lowest BCUT2D eigenvalue weighted by molar-refractivity contribution is 0.158. The normalized spacial score (nSPS) is 12.3. The Morgan fingerprint density at radius 3 is 2.61 bits per heavy atom. The van der Waals surface area contributed by atoms with Crippen LogP contribution in [0.4, 0.5) is 0 Å². The van der Waals surface area contributed by atoms with Gasteiger partial charge in [-0.25, -0.2) is 0 Å². The van der Waals surface area contributed by atoms with E-state index in [2.05, 4.69) is 15.9 Å². The molecule has 0 aliphatic rings. The van der Waals surface area contributed by atoms with Crippen LogP contribution in [-0.4, -0.2) is 18.3 Å². The van der Waals surface area contributed by atoms with E-state index in [1.54, 1.807) is 6.26 Å². The van der Waals surface area contributed by atoms with Gasteiger partial charge in [0, 0.05) is 23.4 Å². The van der Waals surface area contributed by atoms with E-state index in [1.807, 2.05) is 36.4 Å². The highest BCUT2D eigenvalue weighted by Crippen LogP contribution is 2.17. The third-order valence-corrected chi connectivity index (χ3v) is 3.16. The van der Waals surface area contributed by atoms with Crippen LogP contribution in [0.15, 0.2) is 51.6 Å². The van der Waals surface area contributed by atoms with E-state index in [0.29, 0.717) is 13.0 Å². The fourth-order valence-electron chi connectivity index (χ4n) is 1.63. The Morgan fingerprint density at radius 1 is 1.22 bits per heavy atom. The smallest absolute Gasteiger partial charge is 0.119 e. The average Bonchev–Trinajstić information content (AvgIpc) is 2.89. The molecule has 4 heteroatoms. The van der Waals surface area contributed by atoms with Crippen molar-refractivity contribution in [3.8, 4) is 5.75 Å². The first-order chi connectivity index (χ1) is 8.78. The van der Waals surface area contributed by atoms with Gasteiger partial charge in [-0.3, -0.25) is 0 Å². The van der Waals surface area contributed by atoms with Gasteiger partial charge < -0.3 is 14.3 Å². The summed E-state index contributed by atoms with van der Waals surface area (Å²) in [6.45, 7) is 0.552. The zero-order chi connectivity index (χ0) is 12.8. The zero-order valence-corrected chi connectivity index (χ0v) is 11.5. The Kier molecular flexibility index (Phi) is 4.84. The second-order valence-electron chi connectivity index (χ2n) is 4.10. The molecule has 0 spiro atoms. The quantitative estimate of drug-likeness (QED) is 0.890. The van der Waals surface area contributed by atoms with Gasteiger partial charge in [-0.15, -0.1) is 0 Å². The molecule has 0 bridgehead atoms. The number of ether oxygens (including phenoxy) is 1. The first-order valence-corrected chi connectivity index (χ1v) is 6.59. The third-order valence-electron chi connectivity index (χ3n) is 2.63. The second-order valence-corrected chi connectivity index (χ2v) is 5.01. The van der Waals surface area contributed by atoms with Crippen LogP contribution in [0.2, 0.25) is 0 Å². The van der Waals surface area contributed by atoms with Crippen molar-refractivity contribution in [1.82, 2.24) is 0 Å². The van der Waals surface area contributed by atoms with Gasteiger partial charge in [0.1, 0.15) is 11.5 Å². The van der Waals surface area contributed by atoms with Crippen molar-refractivity contribution in [2.45, 2.75) is 6.42 Å². The van der Waals surface area contributed by atoms with E-state index in [4.69, 9.17) is 9.15 Å². The number of halogens is 1. The minimum atomic E-state index is 0.0415. The van der Waals surface area contributed by atoms with Crippen molar-refractivity contribution in [3.63, 3.8) is 0 Å². The molecule has 1 atom stereocenters. The van der Waals surface area contributed by atoms with Crippen molar-refractivity contribution < 1.29 is 14.3 Å². The van der Waals surface area contributed by atoms with Crippen molar-refractivity contribution in [2.24, 2.45) is 5.92 Å². The molecule has 0 amide bonds. The summed E-state index contributed by atoms with van der Waals surface area (Å²) in [5.41, 5.74) is 0. The summed E-state index contributed by atoms with van der Waals surface area (Å²) in [4.78, 5) is 0. The molecule has 0 saturated heterocycles. The maximum absolute atomic E-state index is 9.32. The number of aliphatic hydroxyl groups excluding tert-OH is 1. The summed E-state index contributed by atoms with van der Waals surface area (Å²) >= 11 is 3.37. The Balaban J connectivity index is 1.85. The molecule has 1 aromatic heterocycles. The lowest BCUT2D eigenvalue weighted by Crippen LogP contribution is -2.18. The molecule has 18 heavy (non-hydrogen) atoms. The third kappa shape index (κ3) is 3.89. The maximum Gasteiger partial charge on any atom is 0.119 e. The minimum Gasteiger partial charge on any atom is -0.493 e. The van der Waals surface area contributed by atoms with Crippen molar-refractivity contribution in [3.05, 3.63) is 52.9 Å². The summed E-state index contributed by atoms with van der Waals surface area (Å²) < 4.78 is 11.9. The summed E-state index contributed by atoms with van der Waals surface area (Å²) in [6.07, 6.45) is 2.32. The molecule has 1 unspecified atom stereocenters. The SMILES string of the molecule is OCC(COc1ccc(Br)cc1)Cc1ccco1. The monoisotopic (exact) mass is 310 g/mol. The van der Waals surface area contributed by atoms with Crippen LogP contribution in [0.1, 0.15) is 5.76 Å². The van der Waals surface area contributed by atoms with Crippen LogP contribution in [0, 0.1) is 5.92 Å². The highest BCUT2D eigenvalue weighted by atomic mass is 79.9. The second kappa shape index (κ2) is 6.61. The molecular formula is C14H15BrO3. The lowest BCUT2D eigenvalue weighted by atomic mass is 10.1. The summed E-state index contributed by atoms with van der Waals surface area (Å²) in [7, 11) is 0. The molecule has 0 fully saturated rings. The number of aliphatic hydroxyl groups is 1. The predicted octanol–water partition coefficient (Wildman–Crippen LogP) is 3.27. The van der Waals surface area contributed by atoms with Crippen molar-refractivity contribution >= 4 is 15.9 Å². The Hall–Kier alpha value is -1.26. The van der Waals surface area contributed by atoms with Crippen LogP contribution in [0.3, 0.4) is 0 Å². The molecule has 1 heterocycles. The Bertz CT molecular complexity index is 450. The van der Waals surface area contributed by atoms with Gasteiger partial charge in [0.15, 0.2) is 0 Å². The summed E-state index contributed by atoms with van der Waals surface area (Å²) in [6, 6.07) is 11.4. The van der Waals surface area contributed by atoms with E-state index >= 15 is 0 Å². The molecule has 0 radical (unpaired) electrons. The number of hydrogen-bond donors (Lipinski definition) is 1. The van der Waals surface area contributed by atoms with Crippen LogP contribution in [0.5, 0.6) is 5.75 Å². The Labute approximate surface area is 115 Å². The van der Waals surface area contributed by atoms with Gasteiger partial charge in [0.25, 0.3) is 0 Å². The molecule has 2 aromatic rings. The number of furan rings is 1. The topological polar surface area (TPSA) is 42.6 Å². The maximum atomic E-state index is 9.32. The van der Waals surface area contributed by atoms with Crippen LogP contribution < -0.4 is 4.74 Å². The molecule has 0 saturated carbocycles. The minimum absolute atomic E-state index is 0.0415. The molecule has 1 N–H and O–H groups in total. The van der Waals surface area contributed by atoms with E-state index in [-0.39, 0.29) is 12.5 Å². The van der Waals surface area contributed by atoms with E-state index < -0.39 is 0 Å². The van der Waals surface area contributed by atoms with Gasteiger partial charge in [-0.2, -0.15) is 0 Å².